The molecule has 27 heavy (non-hydrogen) atoms. The maximum absolute atomic E-state index is 13.3. The highest BCUT2D eigenvalue weighted by molar-refractivity contribution is 7.89. The molecule has 0 saturated carbocycles. The van der Waals surface area contributed by atoms with Crippen molar-refractivity contribution in [2.24, 2.45) is 0 Å². The number of hydrogen-bond donors (Lipinski definition) is 1. The molecular weight excluding hydrogens is 364 g/mol. The average Bonchev–Trinajstić information content (AvgIpc) is 3.13. The fourth-order valence-electron chi connectivity index (χ4n) is 4.40. The molecule has 0 amide bonds. The number of rotatable bonds is 4. The number of fused-ring (bicyclic) bond motifs is 2. The Hall–Kier alpha value is -2.37. The van der Waals surface area contributed by atoms with Crippen molar-refractivity contribution in [3.63, 3.8) is 0 Å². The number of aryl methyl sites for hydroxylation is 2. The van der Waals surface area contributed by atoms with E-state index in [9.17, 15) is 8.42 Å². The number of nitrogens with zero attached hydrogens (tertiary/aromatic N) is 3. The van der Waals surface area contributed by atoms with Crippen LogP contribution in [0.3, 0.4) is 0 Å². The van der Waals surface area contributed by atoms with E-state index in [1.165, 1.54) is 0 Å². The van der Waals surface area contributed by atoms with Gasteiger partial charge in [-0.05, 0) is 51.0 Å². The SMILES string of the molecule is Cc1n[nH]c(C)c1S(=O)(=O)N1C2CCC1CC(Oc1ccc(C#N)cc1)C2. The van der Waals surface area contributed by atoms with Gasteiger partial charge in [0.25, 0.3) is 0 Å². The third-order valence-corrected chi connectivity index (χ3v) is 7.77. The third kappa shape index (κ3) is 3.11. The minimum atomic E-state index is -3.57. The highest BCUT2D eigenvalue weighted by Crippen LogP contribution is 2.41. The second kappa shape index (κ2) is 6.66. The van der Waals surface area contributed by atoms with Crippen LogP contribution in [0.1, 0.15) is 42.6 Å². The van der Waals surface area contributed by atoms with Gasteiger partial charge in [0.05, 0.1) is 23.0 Å². The van der Waals surface area contributed by atoms with Crippen molar-refractivity contribution in [3.8, 4) is 11.8 Å². The molecule has 2 unspecified atom stereocenters. The first kappa shape index (κ1) is 18.0. The zero-order chi connectivity index (χ0) is 19.2. The summed E-state index contributed by atoms with van der Waals surface area (Å²) in [5.41, 5.74) is 1.69. The van der Waals surface area contributed by atoms with Gasteiger partial charge in [0.15, 0.2) is 0 Å². The van der Waals surface area contributed by atoms with E-state index < -0.39 is 10.0 Å². The molecule has 2 aromatic rings. The monoisotopic (exact) mass is 386 g/mol. The Kier molecular flexibility index (Phi) is 4.44. The van der Waals surface area contributed by atoms with Crippen LogP contribution in [-0.2, 0) is 10.0 Å². The van der Waals surface area contributed by atoms with Crippen molar-refractivity contribution in [2.75, 3.05) is 0 Å². The fraction of sp³-hybridized carbons (Fsp3) is 0.474. The molecule has 1 aromatic heterocycles. The van der Waals surface area contributed by atoms with Crippen LogP contribution in [0.2, 0.25) is 0 Å². The number of sulfonamides is 1. The number of aromatic amines is 1. The molecular formula is C19H22N4O3S. The molecule has 142 valence electrons. The van der Waals surface area contributed by atoms with E-state index in [0.717, 1.165) is 18.6 Å². The van der Waals surface area contributed by atoms with E-state index in [1.807, 2.05) is 0 Å². The molecule has 2 atom stereocenters. The fourth-order valence-corrected chi connectivity index (χ4v) is 6.63. The summed E-state index contributed by atoms with van der Waals surface area (Å²) in [6.07, 6.45) is 3.03. The number of benzene rings is 1. The van der Waals surface area contributed by atoms with Gasteiger partial charge in [0.1, 0.15) is 16.7 Å². The highest BCUT2D eigenvalue weighted by Gasteiger charge is 2.48. The lowest BCUT2D eigenvalue weighted by Crippen LogP contribution is -2.49. The van der Waals surface area contributed by atoms with Gasteiger partial charge in [-0.3, -0.25) is 5.10 Å². The van der Waals surface area contributed by atoms with E-state index in [2.05, 4.69) is 16.3 Å². The molecule has 2 aliphatic rings. The number of aromatic nitrogens is 2. The summed E-state index contributed by atoms with van der Waals surface area (Å²) in [6.45, 7) is 3.47. The molecule has 3 heterocycles. The maximum atomic E-state index is 13.3. The lowest BCUT2D eigenvalue weighted by Gasteiger charge is -2.37. The van der Waals surface area contributed by atoms with Crippen molar-refractivity contribution in [3.05, 3.63) is 41.2 Å². The van der Waals surface area contributed by atoms with E-state index in [1.54, 1.807) is 42.4 Å². The molecule has 0 radical (unpaired) electrons. The average molecular weight is 386 g/mol. The molecule has 7 nitrogen and oxygen atoms in total. The van der Waals surface area contributed by atoms with Crippen LogP contribution in [0.25, 0.3) is 0 Å². The zero-order valence-electron chi connectivity index (χ0n) is 15.3. The number of H-pyrrole nitrogens is 1. The summed E-state index contributed by atoms with van der Waals surface area (Å²) in [4.78, 5) is 0.311. The Labute approximate surface area is 159 Å². The Morgan fingerprint density at radius 2 is 1.81 bits per heavy atom. The lowest BCUT2D eigenvalue weighted by atomic mass is 10.0. The predicted molar refractivity (Wildman–Crippen MR) is 98.7 cm³/mol. The topological polar surface area (TPSA) is 99.1 Å². The Bertz CT molecular complexity index is 957. The molecule has 1 aromatic carbocycles. The van der Waals surface area contributed by atoms with Crippen LogP contribution in [0, 0.1) is 25.2 Å². The van der Waals surface area contributed by atoms with Gasteiger partial charge < -0.3 is 4.74 Å². The van der Waals surface area contributed by atoms with Gasteiger partial charge >= 0.3 is 0 Å². The second-order valence-corrected chi connectivity index (χ2v) is 9.11. The minimum absolute atomic E-state index is 0.0200. The van der Waals surface area contributed by atoms with Gasteiger partial charge in [-0.1, -0.05) is 0 Å². The van der Waals surface area contributed by atoms with Gasteiger partial charge in [0.2, 0.25) is 10.0 Å². The van der Waals surface area contributed by atoms with E-state index >= 15 is 0 Å². The molecule has 0 spiro atoms. The summed E-state index contributed by atoms with van der Waals surface area (Å²) >= 11 is 0. The summed E-state index contributed by atoms with van der Waals surface area (Å²) in [5, 5.41) is 15.7. The predicted octanol–water partition coefficient (Wildman–Crippen LogP) is 2.66. The second-order valence-electron chi connectivity index (χ2n) is 7.33. The standard InChI is InChI=1S/C19H22N4O3S/c1-12-19(13(2)22-21-12)27(24,25)23-15-5-6-16(23)10-18(9-15)26-17-7-3-14(11-20)4-8-17/h3-4,7-8,15-16,18H,5-6,9-10H2,1-2H3,(H,21,22). The summed E-state index contributed by atoms with van der Waals surface area (Å²) in [5.74, 6) is 0.719. The Morgan fingerprint density at radius 3 is 2.33 bits per heavy atom. The molecule has 2 bridgehead atoms. The molecule has 2 aliphatic heterocycles. The smallest absolute Gasteiger partial charge is 0.247 e. The quantitative estimate of drug-likeness (QED) is 0.871. The molecule has 2 saturated heterocycles. The maximum Gasteiger partial charge on any atom is 0.247 e. The van der Waals surface area contributed by atoms with E-state index in [-0.39, 0.29) is 18.2 Å². The first-order valence-electron chi connectivity index (χ1n) is 9.12. The first-order chi connectivity index (χ1) is 12.9. The van der Waals surface area contributed by atoms with Crippen molar-refractivity contribution >= 4 is 10.0 Å². The van der Waals surface area contributed by atoms with Crippen LogP contribution < -0.4 is 4.74 Å². The van der Waals surface area contributed by atoms with E-state index in [0.29, 0.717) is 34.7 Å². The van der Waals surface area contributed by atoms with Gasteiger partial charge in [-0.2, -0.15) is 14.7 Å². The van der Waals surface area contributed by atoms with Crippen molar-refractivity contribution in [1.29, 1.82) is 5.26 Å². The number of hydrogen-bond acceptors (Lipinski definition) is 5. The molecule has 4 rings (SSSR count). The van der Waals surface area contributed by atoms with Crippen LogP contribution in [0.4, 0.5) is 0 Å². The van der Waals surface area contributed by atoms with Gasteiger partial charge in [-0.15, -0.1) is 0 Å². The Morgan fingerprint density at radius 1 is 1.19 bits per heavy atom. The number of nitriles is 1. The minimum Gasteiger partial charge on any atom is -0.490 e. The van der Waals surface area contributed by atoms with E-state index in [4.69, 9.17) is 10.00 Å². The van der Waals surface area contributed by atoms with Gasteiger partial charge in [-0.25, -0.2) is 8.42 Å². The number of nitrogens with one attached hydrogen (secondary N) is 1. The normalized spacial score (nSPS) is 25.3. The summed E-state index contributed by atoms with van der Waals surface area (Å²) < 4.78 is 34.3. The van der Waals surface area contributed by atoms with Crippen LogP contribution >= 0.6 is 0 Å². The third-order valence-electron chi connectivity index (χ3n) is 5.51. The number of ether oxygens (including phenoxy) is 1. The zero-order valence-corrected chi connectivity index (χ0v) is 16.2. The molecule has 1 N–H and O–H groups in total. The lowest BCUT2D eigenvalue weighted by molar-refractivity contribution is 0.0956. The van der Waals surface area contributed by atoms with Gasteiger partial charge in [0, 0.05) is 24.9 Å². The largest absolute Gasteiger partial charge is 0.490 e. The number of piperidine rings is 1. The van der Waals surface area contributed by atoms with Crippen LogP contribution in [0.5, 0.6) is 5.75 Å². The molecule has 8 heteroatoms. The molecule has 0 aliphatic carbocycles. The van der Waals surface area contributed by atoms with Crippen LogP contribution in [0.15, 0.2) is 29.2 Å². The first-order valence-corrected chi connectivity index (χ1v) is 10.6. The van der Waals surface area contributed by atoms with Crippen molar-refractivity contribution < 1.29 is 13.2 Å². The Balaban J connectivity index is 1.53. The molecule has 2 fully saturated rings. The van der Waals surface area contributed by atoms with Crippen LogP contribution in [-0.4, -0.2) is 41.1 Å². The summed E-state index contributed by atoms with van der Waals surface area (Å²) in [6, 6.07) is 9.04. The highest BCUT2D eigenvalue weighted by atomic mass is 32.2. The van der Waals surface area contributed by atoms with Crippen molar-refractivity contribution in [2.45, 2.75) is 62.6 Å². The summed E-state index contributed by atoms with van der Waals surface area (Å²) in [7, 11) is -3.57. The van der Waals surface area contributed by atoms with Crippen molar-refractivity contribution in [1.82, 2.24) is 14.5 Å².